The third-order valence-electron chi connectivity index (χ3n) is 8.60. The van der Waals surface area contributed by atoms with Crippen LogP contribution in [0.3, 0.4) is 0 Å². The van der Waals surface area contributed by atoms with E-state index in [2.05, 4.69) is 33.2 Å². The van der Waals surface area contributed by atoms with Gasteiger partial charge in [0.1, 0.15) is 47.5 Å². The Labute approximate surface area is 325 Å². The zero-order valence-corrected chi connectivity index (χ0v) is 32.0. The molecule has 4 amide bonds. The molecule has 5 atom stereocenters. The third kappa shape index (κ3) is 14.9. The van der Waals surface area contributed by atoms with Gasteiger partial charge in [-0.25, -0.2) is 4.79 Å². The Balaban J connectivity index is 1.93. The van der Waals surface area contributed by atoms with Gasteiger partial charge < -0.3 is 47.0 Å². The minimum atomic E-state index is -1.40. The van der Waals surface area contributed by atoms with Crippen LogP contribution in [0.15, 0.2) is 85.6 Å². The number of carboxylic acid groups (broad SMARTS) is 1. The SMILES string of the molecule is C=CN[C@@H](CCSC)C(=O)N[C@@H](CC(C)C)C(=O)N[C@@H](Cc1ccc(O)cc1)C(=O)NC(Cc1ccc(O)cc1)C(=O)NC(Cc1ccc(O)cc1)C(=O)O. The summed E-state index contributed by atoms with van der Waals surface area (Å²) in [6.07, 6.45) is 3.75. The van der Waals surface area contributed by atoms with Gasteiger partial charge in [0.25, 0.3) is 0 Å². The highest BCUT2D eigenvalue weighted by Crippen LogP contribution is 2.16. The van der Waals surface area contributed by atoms with Gasteiger partial charge >= 0.3 is 5.97 Å². The molecule has 3 rings (SSSR count). The highest BCUT2D eigenvalue weighted by Gasteiger charge is 2.33. The molecule has 0 aliphatic rings. The Morgan fingerprint density at radius 2 is 0.945 bits per heavy atom. The fourth-order valence-corrected chi connectivity index (χ4v) is 6.15. The molecular weight excluding hydrogens is 727 g/mol. The van der Waals surface area contributed by atoms with Gasteiger partial charge in [-0.05, 0) is 90.1 Å². The number of carbonyl (C=O) groups excluding carboxylic acids is 4. The Hall–Kier alpha value is -5.70. The van der Waals surface area contributed by atoms with Crippen molar-refractivity contribution in [3.05, 3.63) is 102 Å². The maximum absolute atomic E-state index is 14.2. The molecule has 0 saturated carbocycles. The first-order valence-corrected chi connectivity index (χ1v) is 19.2. The van der Waals surface area contributed by atoms with E-state index in [1.54, 1.807) is 36.0 Å². The summed E-state index contributed by atoms with van der Waals surface area (Å²) < 4.78 is 0. The van der Waals surface area contributed by atoms with E-state index in [4.69, 9.17) is 0 Å². The Bertz CT molecular complexity index is 1740. The van der Waals surface area contributed by atoms with E-state index in [9.17, 15) is 44.4 Å². The first-order valence-electron chi connectivity index (χ1n) is 17.8. The highest BCUT2D eigenvalue weighted by atomic mass is 32.2. The van der Waals surface area contributed by atoms with Crippen molar-refractivity contribution in [1.29, 1.82) is 0 Å². The summed E-state index contributed by atoms with van der Waals surface area (Å²) in [7, 11) is 0. The predicted molar refractivity (Wildman–Crippen MR) is 210 cm³/mol. The molecule has 0 spiro atoms. The topological polar surface area (TPSA) is 226 Å². The van der Waals surface area contributed by atoms with Crippen molar-refractivity contribution >= 4 is 41.4 Å². The number of nitrogens with one attached hydrogen (secondary N) is 5. The molecule has 2 unspecified atom stereocenters. The van der Waals surface area contributed by atoms with Gasteiger partial charge in [-0.15, -0.1) is 0 Å². The van der Waals surface area contributed by atoms with Crippen LogP contribution in [0.4, 0.5) is 0 Å². The number of benzene rings is 3. The van der Waals surface area contributed by atoms with Crippen LogP contribution in [-0.2, 0) is 43.2 Å². The van der Waals surface area contributed by atoms with Crippen molar-refractivity contribution in [3.8, 4) is 17.2 Å². The molecule has 0 aliphatic carbocycles. The number of phenols is 3. The van der Waals surface area contributed by atoms with Gasteiger partial charge in [-0.2, -0.15) is 11.8 Å². The minimum Gasteiger partial charge on any atom is -0.508 e. The molecule has 0 fully saturated rings. The van der Waals surface area contributed by atoms with E-state index in [-0.39, 0.29) is 48.8 Å². The maximum atomic E-state index is 14.2. The van der Waals surface area contributed by atoms with Gasteiger partial charge in [0, 0.05) is 19.3 Å². The Kier molecular flexibility index (Phi) is 17.4. The number of rotatable bonds is 22. The van der Waals surface area contributed by atoms with Crippen molar-refractivity contribution in [2.24, 2.45) is 5.92 Å². The van der Waals surface area contributed by atoms with E-state index in [1.165, 1.54) is 54.7 Å². The summed E-state index contributed by atoms with van der Waals surface area (Å²) >= 11 is 1.56. The van der Waals surface area contributed by atoms with Crippen LogP contribution in [0, 0.1) is 5.92 Å². The van der Waals surface area contributed by atoms with Crippen molar-refractivity contribution in [2.45, 2.75) is 76.2 Å². The van der Waals surface area contributed by atoms with Crippen molar-refractivity contribution in [1.82, 2.24) is 26.6 Å². The maximum Gasteiger partial charge on any atom is 0.326 e. The largest absolute Gasteiger partial charge is 0.508 e. The number of carbonyl (C=O) groups is 5. The molecule has 0 radical (unpaired) electrons. The first kappa shape index (κ1) is 43.7. The van der Waals surface area contributed by atoms with E-state index in [0.29, 0.717) is 28.9 Å². The number of hydrogen-bond acceptors (Lipinski definition) is 10. The number of amides is 4. The summed E-state index contributed by atoms with van der Waals surface area (Å²) in [5.74, 6) is -3.37. The smallest absolute Gasteiger partial charge is 0.326 e. The number of thioether (sulfide) groups is 1. The summed E-state index contributed by atoms with van der Waals surface area (Å²) in [5, 5.41) is 53.0. The van der Waals surface area contributed by atoms with E-state index in [1.807, 2.05) is 20.1 Å². The van der Waals surface area contributed by atoms with Gasteiger partial charge in [-0.3, -0.25) is 19.2 Å². The number of hydrogen-bond donors (Lipinski definition) is 9. The first-order chi connectivity index (χ1) is 26.2. The van der Waals surface area contributed by atoms with Gasteiger partial charge in [0.2, 0.25) is 23.6 Å². The van der Waals surface area contributed by atoms with E-state index < -0.39 is 59.8 Å². The van der Waals surface area contributed by atoms with E-state index >= 15 is 0 Å². The second kappa shape index (κ2) is 21.9. The lowest BCUT2D eigenvalue weighted by atomic mass is 9.99. The number of aromatic hydroxyl groups is 3. The van der Waals surface area contributed by atoms with Crippen LogP contribution >= 0.6 is 11.8 Å². The molecule has 9 N–H and O–H groups in total. The summed E-state index contributed by atoms with van der Waals surface area (Å²) in [6.45, 7) is 7.43. The molecule has 3 aromatic carbocycles. The van der Waals surface area contributed by atoms with Crippen LogP contribution in [-0.4, -0.2) is 92.2 Å². The second-order valence-corrected chi connectivity index (χ2v) is 14.5. The molecule has 0 aromatic heterocycles. The number of phenolic OH excluding ortho intramolecular Hbond substituents is 3. The quantitative estimate of drug-likeness (QED) is 0.0721. The average molecular weight is 778 g/mol. The molecule has 15 heteroatoms. The molecule has 0 heterocycles. The molecule has 55 heavy (non-hydrogen) atoms. The fraction of sp³-hybridized carbons (Fsp3) is 0.375. The highest BCUT2D eigenvalue weighted by molar-refractivity contribution is 7.98. The Morgan fingerprint density at radius 1 is 0.600 bits per heavy atom. The lowest BCUT2D eigenvalue weighted by molar-refractivity contribution is -0.142. The van der Waals surface area contributed by atoms with Crippen molar-refractivity contribution in [2.75, 3.05) is 12.0 Å². The lowest BCUT2D eigenvalue weighted by Crippen LogP contribution is -2.59. The van der Waals surface area contributed by atoms with Crippen LogP contribution in [0.5, 0.6) is 17.2 Å². The summed E-state index contributed by atoms with van der Waals surface area (Å²) in [4.78, 5) is 67.6. The molecule has 296 valence electrons. The fourth-order valence-electron chi connectivity index (χ4n) is 5.68. The zero-order valence-electron chi connectivity index (χ0n) is 31.2. The standard InChI is InChI=1S/C40H51N5O9S/c1-5-41-31(18-19-55-4)36(49)42-32(20-24(2)3)37(50)43-33(21-25-6-12-28(46)13-7-25)38(51)44-34(22-26-8-14-29(47)15-9-26)39(52)45-35(40(53)54)23-27-10-16-30(48)17-11-27/h5-17,24,31-35,41,46-48H,1,18-23H2,2-4H3,(H,42,49)(H,43,50)(H,44,51)(H,45,52)(H,53,54)/t31-,32-,33-,34?,35?/m0/s1. The Morgan fingerprint density at radius 3 is 1.31 bits per heavy atom. The van der Waals surface area contributed by atoms with Gasteiger partial charge in [0.05, 0.1) is 0 Å². The molecule has 0 saturated heterocycles. The molecular formula is C40H51N5O9S. The average Bonchev–Trinajstić information content (AvgIpc) is 3.14. The minimum absolute atomic E-state index is 0.0106. The van der Waals surface area contributed by atoms with Gasteiger partial charge in [0.15, 0.2) is 0 Å². The lowest BCUT2D eigenvalue weighted by Gasteiger charge is -2.27. The summed E-state index contributed by atoms with van der Waals surface area (Å²) in [6, 6.07) is 12.1. The van der Waals surface area contributed by atoms with Crippen LogP contribution in [0.1, 0.15) is 43.4 Å². The normalized spacial score (nSPS) is 13.7. The van der Waals surface area contributed by atoms with Crippen LogP contribution in [0.25, 0.3) is 0 Å². The zero-order chi connectivity index (χ0) is 40.5. The van der Waals surface area contributed by atoms with Gasteiger partial charge in [-0.1, -0.05) is 56.8 Å². The van der Waals surface area contributed by atoms with Crippen LogP contribution in [0.2, 0.25) is 0 Å². The molecule has 3 aromatic rings. The second-order valence-electron chi connectivity index (χ2n) is 13.5. The predicted octanol–water partition coefficient (Wildman–Crippen LogP) is 2.76. The van der Waals surface area contributed by atoms with Crippen molar-refractivity contribution in [3.63, 3.8) is 0 Å². The van der Waals surface area contributed by atoms with Crippen molar-refractivity contribution < 1.29 is 44.4 Å². The summed E-state index contributed by atoms with van der Waals surface area (Å²) in [5.41, 5.74) is 1.63. The molecule has 0 bridgehead atoms. The monoisotopic (exact) mass is 777 g/mol. The number of aliphatic carboxylic acids is 1. The molecule has 14 nitrogen and oxygen atoms in total. The van der Waals surface area contributed by atoms with Crippen LogP contribution < -0.4 is 26.6 Å². The number of carboxylic acids is 1. The van der Waals surface area contributed by atoms with E-state index in [0.717, 1.165) is 0 Å². The molecule has 0 aliphatic heterocycles. The third-order valence-corrected chi connectivity index (χ3v) is 9.24.